The van der Waals surface area contributed by atoms with Crippen molar-refractivity contribution in [3.8, 4) is 11.5 Å². The average molecular weight is 927 g/mol. The molecule has 4 aliphatic heterocycles. The molecule has 4 aromatic rings. The molecule has 9 rings (SSSR count). The lowest BCUT2D eigenvalue weighted by molar-refractivity contribution is -0.138. The Morgan fingerprint density at radius 2 is 1.72 bits per heavy atom. The van der Waals surface area contributed by atoms with E-state index in [0.717, 1.165) is 74.8 Å². The summed E-state index contributed by atoms with van der Waals surface area (Å²) < 4.78 is 52.9. The minimum Gasteiger partial charge on any atom is -0.493 e. The number of halogens is 3. The number of piperidine rings is 1. The van der Waals surface area contributed by atoms with Crippen LogP contribution in [0.1, 0.15) is 76.3 Å². The van der Waals surface area contributed by atoms with E-state index in [-0.39, 0.29) is 41.0 Å². The van der Waals surface area contributed by atoms with Crippen molar-refractivity contribution < 1.29 is 46.6 Å². The second kappa shape index (κ2) is 17.6. The van der Waals surface area contributed by atoms with Crippen molar-refractivity contribution >= 4 is 57.6 Å². The van der Waals surface area contributed by atoms with Crippen LogP contribution in [-0.2, 0) is 20.6 Å². The summed E-state index contributed by atoms with van der Waals surface area (Å²) in [6.45, 7) is 9.20. The highest BCUT2D eigenvalue weighted by atomic mass is 19.4. The first-order valence-electron chi connectivity index (χ1n) is 22.4. The highest BCUT2D eigenvalue weighted by molar-refractivity contribution is 6.23. The van der Waals surface area contributed by atoms with E-state index in [9.17, 15) is 37.1 Å². The summed E-state index contributed by atoms with van der Waals surface area (Å²) in [6.07, 6.45) is -2.62. The van der Waals surface area contributed by atoms with Gasteiger partial charge in [-0.2, -0.15) is 13.2 Å². The molecule has 20 heteroatoms. The molecule has 17 nitrogen and oxygen atoms in total. The van der Waals surface area contributed by atoms with E-state index in [0.29, 0.717) is 65.3 Å². The van der Waals surface area contributed by atoms with Crippen LogP contribution in [0.3, 0.4) is 0 Å². The van der Waals surface area contributed by atoms with Crippen LogP contribution in [0, 0.1) is 12.3 Å². The minimum atomic E-state index is -4.55. The largest absolute Gasteiger partial charge is 0.493 e. The molecule has 354 valence electrons. The highest BCUT2D eigenvalue weighted by Crippen LogP contribution is 2.47. The monoisotopic (exact) mass is 926 g/mol. The maximum atomic E-state index is 13.6. The number of ether oxygens (including phenoxy) is 2. The van der Waals surface area contributed by atoms with Gasteiger partial charge in [0.05, 0.1) is 48.5 Å². The lowest BCUT2D eigenvalue weighted by Gasteiger charge is -2.49. The van der Waals surface area contributed by atoms with Gasteiger partial charge in [-0.25, -0.2) is 9.97 Å². The molecule has 0 bridgehead atoms. The molecule has 4 N–H and O–H groups in total. The van der Waals surface area contributed by atoms with Gasteiger partial charge in [-0.05, 0) is 81.1 Å². The number of nitrogens with two attached hydrogens (primary N) is 1. The van der Waals surface area contributed by atoms with E-state index in [4.69, 9.17) is 15.2 Å². The number of benzene rings is 3. The highest BCUT2D eigenvalue weighted by Gasteiger charge is 2.47. The number of alkyl halides is 3. The van der Waals surface area contributed by atoms with Crippen LogP contribution in [0.2, 0.25) is 0 Å². The molecule has 1 saturated carbocycles. The third kappa shape index (κ3) is 9.28. The van der Waals surface area contributed by atoms with Crippen LogP contribution in [0.4, 0.5) is 30.4 Å². The zero-order valence-corrected chi connectivity index (χ0v) is 37.7. The van der Waals surface area contributed by atoms with Gasteiger partial charge in [0.25, 0.3) is 11.8 Å². The van der Waals surface area contributed by atoms with Crippen LogP contribution in [0.5, 0.6) is 11.5 Å². The Bertz CT molecular complexity index is 2660. The number of nitrogens with one attached hydrogen (secondary N) is 2. The van der Waals surface area contributed by atoms with Gasteiger partial charge >= 0.3 is 6.18 Å². The number of aromatic nitrogens is 2. The van der Waals surface area contributed by atoms with Gasteiger partial charge in [0.2, 0.25) is 17.7 Å². The number of fused-ring (bicyclic) bond motifs is 2. The SMILES string of the molecule is COc1cc2nc(C)nc(N[C@H](C)c3cc(N)cc(C(F)(F)F)c3)c2cc1OCC1(CN(C)C(=O)CN2CCN(C3CN(c4ccc5c(c4)C(=O)N(C4CCC(=O)NC4=O)C5=O)C3)CC2)CC1. The molecule has 4 fully saturated rings. The van der Waals surface area contributed by atoms with Gasteiger partial charge in [0.15, 0.2) is 11.5 Å². The van der Waals surface area contributed by atoms with E-state index < -0.39 is 47.5 Å². The van der Waals surface area contributed by atoms with Crippen molar-refractivity contribution in [2.75, 3.05) is 89.1 Å². The van der Waals surface area contributed by atoms with Crippen LogP contribution < -0.4 is 30.7 Å². The zero-order chi connectivity index (χ0) is 47.5. The maximum absolute atomic E-state index is 13.6. The van der Waals surface area contributed by atoms with Crippen LogP contribution in [0.25, 0.3) is 10.9 Å². The first-order chi connectivity index (χ1) is 31.9. The van der Waals surface area contributed by atoms with Crippen molar-refractivity contribution in [2.45, 2.75) is 63.8 Å². The second-order valence-electron chi connectivity index (χ2n) is 18.5. The van der Waals surface area contributed by atoms with Crippen molar-refractivity contribution in [2.24, 2.45) is 5.41 Å². The number of carbonyl (C=O) groups excluding carboxylic acids is 5. The molecule has 2 atom stereocenters. The molecule has 67 heavy (non-hydrogen) atoms. The van der Waals surface area contributed by atoms with Crippen molar-refractivity contribution in [3.63, 3.8) is 0 Å². The molecule has 1 aromatic heterocycles. The summed E-state index contributed by atoms with van der Waals surface area (Å²) >= 11 is 0. The standard InChI is InChI=1S/C47H53F3N10O7/c1-26(28-15-29(47(48,49)50)17-30(51)16-28)52-42-35-19-39(38(66-4)20-36(35)53-27(2)54-42)67-25-46(9-10-46)24-56(3)41(62)23-57-11-13-58(14-12-57)32-21-59(22-32)31-5-6-33-34(18-31)45(65)60(44(33)64)37-7-8-40(61)55-43(37)63/h5-6,15-20,26,32,37H,7-14,21-25,51H2,1-4H3,(H,52,53,54)(H,55,61,63)/t26-,37?/m1/s1. The summed E-state index contributed by atoms with van der Waals surface area (Å²) in [4.78, 5) is 82.8. The van der Waals surface area contributed by atoms with Gasteiger partial charge in [-0.3, -0.25) is 44.0 Å². The quantitative estimate of drug-likeness (QED) is 0.120. The number of methoxy groups -OCH3 is 1. The molecule has 5 aliphatic rings. The molecule has 1 unspecified atom stereocenters. The Morgan fingerprint density at radius 3 is 2.40 bits per heavy atom. The number of hydrogen-bond donors (Lipinski definition) is 3. The molecular formula is C47H53F3N10O7. The fraction of sp³-hybridized carbons (Fsp3) is 0.468. The molecule has 3 saturated heterocycles. The Labute approximate surface area is 384 Å². The molecule has 5 heterocycles. The number of hydrogen-bond acceptors (Lipinski definition) is 14. The number of nitrogen functional groups attached to an aromatic ring is 1. The zero-order valence-electron chi connectivity index (χ0n) is 37.7. The van der Waals surface area contributed by atoms with Gasteiger partial charge in [-0.15, -0.1) is 0 Å². The van der Waals surface area contributed by atoms with Gasteiger partial charge in [-0.1, -0.05) is 0 Å². The van der Waals surface area contributed by atoms with Crippen LogP contribution in [0.15, 0.2) is 48.5 Å². The lowest BCUT2D eigenvalue weighted by Crippen LogP contribution is -2.63. The first-order valence-corrected chi connectivity index (χ1v) is 22.4. The Hall–Kier alpha value is -6.54. The molecular weight excluding hydrogens is 874 g/mol. The summed E-state index contributed by atoms with van der Waals surface area (Å²) in [7, 11) is 3.36. The number of rotatable bonds is 14. The average Bonchev–Trinajstić information content (AvgIpc) is 3.99. The summed E-state index contributed by atoms with van der Waals surface area (Å²) in [5.74, 6) is -0.298. The molecule has 0 spiro atoms. The summed E-state index contributed by atoms with van der Waals surface area (Å²) in [5.41, 5.74) is 7.04. The van der Waals surface area contributed by atoms with Crippen molar-refractivity contribution in [1.29, 1.82) is 0 Å². The van der Waals surface area contributed by atoms with E-state index in [1.807, 2.05) is 13.1 Å². The Morgan fingerprint density at radius 1 is 0.985 bits per heavy atom. The minimum absolute atomic E-state index is 0.00209. The molecule has 3 aromatic carbocycles. The second-order valence-corrected chi connectivity index (χ2v) is 18.5. The van der Waals surface area contributed by atoms with Gasteiger partial charge in [0.1, 0.15) is 17.7 Å². The lowest BCUT2D eigenvalue weighted by atomic mass is 10.0. The fourth-order valence-electron chi connectivity index (χ4n) is 9.51. The Balaban J connectivity index is 0.756. The van der Waals surface area contributed by atoms with Crippen molar-refractivity contribution in [3.05, 3.63) is 76.6 Å². The van der Waals surface area contributed by atoms with Gasteiger partial charge in [0, 0.05) is 93.6 Å². The van der Waals surface area contributed by atoms with E-state index in [2.05, 4.69) is 35.3 Å². The fourth-order valence-corrected chi connectivity index (χ4v) is 9.51. The number of nitrogens with zero attached hydrogens (tertiary/aromatic N) is 7. The van der Waals surface area contributed by atoms with Gasteiger partial charge < -0.3 is 30.3 Å². The van der Waals surface area contributed by atoms with E-state index in [1.54, 1.807) is 43.0 Å². The number of amides is 5. The smallest absolute Gasteiger partial charge is 0.416 e. The predicted molar refractivity (Wildman–Crippen MR) is 241 cm³/mol. The Kier molecular flexibility index (Phi) is 12.0. The summed E-state index contributed by atoms with van der Waals surface area (Å²) in [5, 5.41) is 6.07. The third-order valence-electron chi connectivity index (χ3n) is 13.7. The number of likely N-dealkylation sites (N-methyl/N-ethyl adjacent to an activating group) is 1. The molecule has 0 radical (unpaired) electrons. The third-order valence-corrected chi connectivity index (χ3v) is 13.7. The maximum Gasteiger partial charge on any atom is 0.416 e. The number of imide groups is 2. The predicted octanol–water partition coefficient (Wildman–Crippen LogP) is 4.25. The van der Waals surface area contributed by atoms with E-state index in [1.165, 1.54) is 13.2 Å². The number of piperazine rings is 1. The topological polar surface area (TPSA) is 196 Å². The normalized spacial score (nSPS) is 20.4. The molecule has 5 amide bonds. The van der Waals surface area contributed by atoms with Crippen LogP contribution >= 0.6 is 0 Å². The number of aryl methyl sites for hydroxylation is 1. The van der Waals surface area contributed by atoms with Crippen molar-refractivity contribution in [1.82, 2.24) is 34.9 Å². The van der Waals surface area contributed by atoms with Crippen LogP contribution in [-0.4, -0.2) is 144 Å². The number of anilines is 3. The number of carbonyl (C=O) groups is 5. The first kappa shape index (κ1) is 45.6. The van der Waals surface area contributed by atoms with E-state index >= 15 is 0 Å². The molecule has 1 aliphatic carbocycles. The summed E-state index contributed by atoms with van der Waals surface area (Å²) in [6, 6.07) is 10.9.